The average Bonchev–Trinajstić information content (AvgIpc) is 3.66. The van der Waals surface area contributed by atoms with Crippen molar-refractivity contribution in [1.29, 1.82) is 0 Å². The van der Waals surface area contributed by atoms with Crippen molar-refractivity contribution in [3.8, 4) is 0 Å². The highest BCUT2D eigenvalue weighted by Crippen LogP contribution is 2.49. The summed E-state index contributed by atoms with van der Waals surface area (Å²) in [7, 11) is 3.22. The molecule has 1 saturated carbocycles. The van der Waals surface area contributed by atoms with Gasteiger partial charge in [-0.05, 0) is 69.6 Å². The number of rotatable bonds is 10. The van der Waals surface area contributed by atoms with Crippen LogP contribution in [-0.2, 0) is 57.0 Å². The second-order valence-electron chi connectivity index (χ2n) is 21.0. The predicted molar refractivity (Wildman–Crippen MR) is 253 cm³/mol. The number of oxime groups is 1. The van der Waals surface area contributed by atoms with E-state index in [9.17, 15) is 20.1 Å². The maximum Gasteiger partial charge on any atom is 0.316 e. The van der Waals surface area contributed by atoms with Crippen LogP contribution < -0.4 is 0 Å². The number of ether oxygens (including phenoxy) is 10. The summed E-state index contributed by atoms with van der Waals surface area (Å²) in [6.45, 7) is 15.6. The number of methoxy groups -OCH3 is 2. The lowest BCUT2D eigenvalue weighted by molar-refractivity contribution is -0.355. The standard InChI is InChI=1S/C53H79NO15/c1-10-21-62-54-45-31(4)22-39-51(57)65-38-23-37(68-52(26-38)27-40(55)32(5)48(69-52)35-16-12-11-13-17-35)20-19-30(3)47(29(2)15-14-18-36-28-61-50(45)53(36,39)58)66-44-25-42(60-9)49(34(7)64-44)67-43-24-41(59-8)46(56)33(6)63-43/h10,14-15,18-19,22,29,32-35,37-44,46-50,55-56,58H,1,11-13,16-17,20-21,23-28H2,2-9H3/b15-14+,30-19+,36-18+,54-45+/t29-,32-,33-,34-,37+,38-,39-,40-,41-,42-,43-,44-,46-,47-,48-,49-,50+,52-,53+/m0/s1. The van der Waals surface area contributed by atoms with E-state index in [2.05, 4.69) is 31.7 Å². The van der Waals surface area contributed by atoms with Crippen molar-refractivity contribution in [3.63, 3.8) is 0 Å². The minimum atomic E-state index is -1.85. The number of aliphatic hydroxyl groups is 3. The molecule has 16 heteroatoms. The van der Waals surface area contributed by atoms with Crippen molar-refractivity contribution in [2.45, 2.75) is 209 Å². The summed E-state index contributed by atoms with van der Waals surface area (Å²) in [5.41, 5.74) is 0.587. The fourth-order valence-corrected chi connectivity index (χ4v) is 12.2. The minimum absolute atomic E-state index is 0.0337. The molecule has 0 aromatic carbocycles. The molecule has 386 valence electrons. The average molecular weight is 970 g/mol. The van der Waals surface area contributed by atoms with Gasteiger partial charge in [0, 0.05) is 58.2 Å². The molecule has 6 heterocycles. The Balaban J connectivity index is 1.11. The molecule has 16 nitrogen and oxygen atoms in total. The monoisotopic (exact) mass is 970 g/mol. The van der Waals surface area contributed by atoms with Crippen LogP contribution in [-0.4, -0.2) is 152 Å². The van der Waals surface area contributed by atoms with Gasteiger partial charge in [0.1, 0.15) is 48.3 Å². The summed E-state index contributed by atoms with van der Waals surface area (Å²) in [5.74, 6) is -2.95. The molecule has 5 saturated heterocycles. The van der Waals surface area contributed by atoms with E-state index in [0.29, 0.717) is 42.5 Å². The third-order valence-corrected chi connectivity index (χ3v) is 16.1. The summed E-state index contributed by atoms with van der Waals surface area (Å²) in [4.78, 5) is 20.3. The molecule has 2 aliphatic carbocycles. The van der Waals surface area contributed by atoms with Crippen molar-refractivity contribution >= 4 is 11.7 Å². The number of aliphatic hydroxyl groups excluding tert-OH is 2. The molecule has 69 heavy (non-hydrogen) atoms. The fourth-order valence-electron chi connectivity index (χ4n) is 12.2. The van der Waals surface area contributed by atoms with Crippen LogP contribution in [0.15, 0.2) is 64.9 Å². The quantitative estimate of drug-likeness (QED) is 0.0956. The zero-order valence-corrected chi connectivity index (χ0v) is 41.9. The molecule has 19 atom stereocenters. The normalized spacial score (nSPS) is 47.2. The van der Waals surface area contributed by atoms with Gasteiger partial charge in [0.15, 0.2) is 18.4 Å². The molecular formula is C53H79NO15. The molecule has 0 aromatic rings. The molecule has 0 aromatic heterocycles. The molecule has 8 rings (SSSR count). The molecule has 0 amide bonds. The number of carbonyl (C=O) groups excluding carboxylic acids is 1. The lowest BCUT2D eigenvalue weighted by atomic mass is 9.71. The highest BCUT2D eigenvalue weighted by molar-refractivity contribution is 6.07. The van der Waals surface area contributed by atoms with Gasteiger partial charge >= 0.3 is 5.97 Å². The maximum absolute atomic E-state index is 14.7. The van der Waals surface area contributed by atoms with E-state index in [0.717, 1.165) is 31.3 Å². The molecular weight excluding hydrogens is 891 g/mol. The van der Waals surface area contributed by atoms with Crippen LogP contribution in [0.25, 0.3) is 0 Å². The van der Waals surface area contributed by atoms with Crippen molar-refractivity contribution in [1.82, 2.24) is 0 Å². The second kappa shape index (κ2) is 22.5. The zero-order valence-electron chi connectivity index (χ0n) is 41.9. The van der Waals surface area contributed by atoms with Gasteiger partial charge in [-0.25, -0.2) is 0 Å². The van der Waals surface area contributed by atoms with Crippen LogP contribution in [0, 0.1) is 23.7 Å². The Labute approximate surface area is 408 Å². The minimum Gasteiger partial charge on any atom is -0.462 e. The van der Waals surface area contributed by atoms with Gasteiger partial charge in [0.25, 0.3) is 0 Å². The summed E-state index contributed by atoms with van der Waals surface area (Å²) in [6.07, 6.45) is 10.8. The van der Waals surface area contributed by atoms with Crippen molar-refractivity contribution in [2.75, 3.05) is 27.4 Å². The first-order valence-corrected chi connectivity index (χ1v) is 25.6. The van der Waals surface area contributed by atoms with E-state index < -0.39 is 103 Å². The van der Waals surface area contributed by atoms with E-state index in [4.69, 9.17) is 52.2 Å². The van der Waals surface area contributed by atoms with Gasteiger partial charge < -0.3 is 67.5 Å². The number of nitrogens with zero attached hydrogens (tertiary/aromatic N) is 1. The largest absolute Gasteiger partial charge is 0.462 e. The van der Waals surface area contributed by atoms with Crippen molar-refractivity contribution in [3.05, 3.63) is 59.8 Å². The highest BCUT2D eigenvalue weighted by atomic mass is 16.7. The van der Waals surface area contributed by atoms with E-state index in [-0.39, 0.29) is 49.9 Å². The third-order valence-electron chi connectivity index (χ3n) is 16.1. The van der Waals surface area contributed by atoms with Crippen LogP contribution >= 0.6 is 0 Å². The molecule has 2 bridgehead atoms. The van der Waals surface area contributed by atoms with Gasteiger partial charge in [-0.1, -0.05) is 81.3 Å². The SMILES string of the molecule is C=CCO/N=C1\C(C)=C[C@H]2C(=O)O[C@H]3C[C@@H](C/C=C(\C)[C@@H](O[C@H]4C[C@H](OC)[C@@H](O[C@H]5C[C@H](OC)[C@@H](O)[C@H](C)O5)[C@H](C)O4)[C@@H](C)/C=C/C=C4\CO[C@H]1[C@@]42O)O[C@]1(C3)C[C@H](O)[C@H](C)[C@@H](C2CCCCC2)O1. The number of fused-ring (bicyclic) bond motifs is 2. The Kier molecular flexibility index (Phi) is 17.1. The first-order chi connectivity index (χ1) is 33.1. The van der Waals surface area contributed by atoms with Crippen LogP contribution in [0.4, 0.5) is 0 Å². The van der Waals surface area contributed by atoms with Gasteiger partial charge in [0.2, 0.25) is 0 Å². The number of hydrogen-bond acceptors (Lipinski definition) is 16. The summed E-state index contributed by atoms with van der Waals surface area (Å²) >= 11 is 0. The van der Waals surface area contributed by atoms with Crippen LogP contribution in [0.3, 0.4) is 0 Å². The Morgan fingerprint density at radius 2 is 1.64 bits per heavy atom. The lowest BCUT2D eigenvalue weighted by Gasteiger charge is -2.53. The Bertz CT molecular complexity index is 1950. The fraction of sp³-hybridized carbons (Fsp3) is 0.774. The van der Waals surface area contributed by atoms with E-state index >= 15 is 0 Å². The molecule has 6 fully saturated rings. The first kappa shape index (κ1) is 52.5. The maximum atomic E-state index is 14.7. The summed E-state index contributed by atoms with van der Waals surface area (Å²) in [5, 5.41) is 39.6. The van der Waals surface area contributed by atoms with Gasteiger partial charge in [-0.3, -0.25) is 4.79 Å². The lowest BCUT2D eigenvalue weighted by Crippen LogP contribution is -2.60. The molecule has 6 aliphatic heterocycles. The van der Waals surface area contributed by atoms with Crippen molar-refractivity contribution in [2.24, 2.45) is 28.8 Å². The van der Waals surface area contributed by atoms with E-state index in [1.54, 1.807) is 33.3 Å². The number of carbonyl (C=O) groups is 1. The Morgan fingerprint density at radius 1 is 0.913 bits per heavy atom. The topological polar surface area (TPSA) is 192 Å². The number of allylic oxidation sites excluding steroid dienone is 2. The van der Waals surface area contributed by atoms with Gasteiger partial charge in [0.05, 0.1) is 55.4 Å². The second-order valence-corrected chi connectivity index (χ2v) is 21.0. The third kappa shape index (κ3) is 11.2. The Hall–Kier alpha value is -2.84. The molecule has 0 unspecified atom stereocenters. The molecule has 1 spiro atoms. The van der Waals surface area contributed by atoms with Gasteiger partial charge in [-0.2, -0.15) is 0 Å². The molecule has 3 N–H and O–H groups in total. The highest BCUT2D eigenvalue weighted by Gasteiger charge is 2.60. The van der Waals surface area contributed by atoms with Crippen LogP contribution in [0.2, 0.25) is 0 Å². The summed E-state index contributed by atoms with van der Waals surface area (Å²) < 4.78 is 64.7. The van der Waals surface area contributed by atoms with E-state index in [1.165, 1.54) is 6.42 Å². The summed E-state index contributed by atoms with van der Waals surface area (Å²) in [6, 6.07) is 0. The van der Waals surface area contributed by atoms with Crippen LogP contribution in [0.5, 0.6) is 0 Å². The zero-order chi connectivity index (χ0) is 49.2. The Morgan fingerprint density at radius 3 is 2.38 bits per heavy atom. The van der Waals surface area contributed by atoms with Crippen LogP contribution in [0.1, 0.15) is 112 Å². The number of hydrogen-bond donors (Lipinski definition) is 3. The predicted octanol–water partition coefficient (Wildman–Crippen LogP) is 6.30. The van der Waals surface area contributed by atoms with Crippen molar-refractivity contribution < 1.29 is 72.3 Å². The molecule has 0 radical (unpaired) electrons. The number of esters is 1. The first-order valence-electron chi connectivity index (χ1n) is 25.6. The van der Waals surface area contributed by atoms with Gasteiger partial charge in [-0.15, -0.1) is 0 Å². The van der Waals surface area contributed by atoms with E-state index in [1.807, 2.05) is 39.0 Å². The molecule has 8 aliphatic rings. The smallest absolute Gasteiger partial charge is 0.316 e.